The number of para-hydroxylation sites is 1. The lowest BCUT2D eigenvalue weighted by Crippen LogP contribution is -2.48. The Balaban J connectivity index is 1.91. The zero-order chi connectivity index (χ0) is 26.3. The van der Waals surface area contributed by atoms with Crippen LogP contribution in [0.2, 0.25) is 0 Å². The molecule has 1 atom stereocenters. The molecule has 1 amide bonds. The smallest absolute Gasteiger partial charge is 0.227 e. The molecule has 0 aliphatic carbocycles. The number of hydrogen-bond donors (Lipinski definition) is 2. The molecule has 2 aromatic carbocycles. The van der Waals surface area contributed by atoms with Crippen molar-refractivity contribution in [2.75, 3.05) is 33.9 Å². The van der Waals surface area contributed by atoms with Crippen molar-refractivity contribution < 1.29 is 14.3 Å². The summed E-state index contributed by atoms with van der Waals surface area (Å²) in [5, 5.41) is 5.87. The molecule has 1 heterocycles. The third kappa shape index (κ3) is 6.29. The standard InChI is InChI=1S/C28H41N5O3/c1-28(2,3)27(34)32-17-15-21(16-18-32)24(22-12-9-13-23(35-4)25(22)36-5)26(31-29)33(30)19-14-20-10-7-6-8-11-20/h6-13,21,24H,14-19,29-30H2,1-5H3/b31-26-. The summed E-state index contributed by atoms with van der Waals surface area (Å²) in [5.74, 6) is 14.6. The van der Waals surface area contributed by atoms with Gasteiger partial charge in [0.2, 0.25) is 5.91 Å². The number of benzene rings is 2. The Morgan fingerprint density at radius 3 is 2.31 bits per heavy atom. The monoisotopic (exact) mass is 495 g/mol. The molecule has 1 unspecified atom stereocenters. The summed E-state index contributed by atoms with van der Waals surface area (Å²) < 4.78 is 11.4. The number of hydrazone groups is 1. The number of hydrazine groups is 1. The van der Waals surface area contributed by atoms with Crippen molar-refractivity contribution in [1.29, 1.82) is 0 Å². The molecule has 3 rings (SSSR count). The van der Waals surface area contributed by atoms with E-state index in [0.717, 1.165) is 24.8 Å². The second-order valence-electron chi connectivity index (χ2n) is 10.4. The van der Waals surface area contributed by atoms with Crippen molar-refractivity contribution in [1.82, 2.24) is 9.91 Å². The van der Waals surface area contributed by atoms with Crippen molar-refractivity contribution >= 4 is 11.7 Å². The molecule has 0 spiro atoms. The number of rotatable bonds is 8. The van der Waals surface area contributed by atoms with Crippen LogP contribution in [0.1, 0.15) is 50.7 Å². The molecule has 36 heavy (non-hydrogen) atoms. The van der Waals surface area contributed by atoms with E-state index in [4.69, 9.17) is 21.2 Å². The summed E-state index contributed by atoms with van der Waals surface area (Å²) in [6, 6.07) is 16.0. The first kappa shape index (κ1) is 27.3. The van der Waals surface area contributed by atoms with Crippen LogP contribution in [0.5, 0.6) is 11.5 Å². The van der Waals surface area contributed by atoms with Crippen LogP contribution in [-0.2, 0) is 11.2 Å². The summed E-state index contributed by atoms with van der Waals surface area (Å²) in [6.45, 7) is 7.80. The molecule has 2 aromatic rings. The van der Waals surface area contributed by atoms with Gasteiger partial charge in [0.05, 0.1) is 20.1 Å². The summed E-state index contributed by atoms with van der Waals surface area (Å²) >= 11 is 0. The maximum absolute atomic E-state index is 12.9. The predicted octanol–water partition coefficient (Wildman–Crippen LogP) is 3.76. The predicted molar refractivity (Wildman–Crippen MR) is 144 cm³/mol. The van der Waals surface area contributed by atoms with E-state index >= 15 is 0 Å². The van der Waals surface area contributed by atoms with Gasteiger partial charge in [-0.05, 0) is 36.8 Å². The molecule has 1 aliphatic heterocycles. The number of carbonyl (C=O) groups excluding carboxylic acids is 1. The lowest BCUT2D eigenvalue weighted by molar-refractivity contribution is -0.140. The SMILES string of the molecule is COc1cccc(C(/C(=N/N)N(N)CCc2ccccc2)C2CCN(C(=O)C(C)(C)C)CC2)c1OC. The average Bonchev–Trinajstić information content (AvgIpc) is 2.89. The van der Waals surface area contributed by atoms with Crippen LogP contribution in [0.15, 0.2) is 53.6 Å². The van der Waals surface area contributed by atoms with Gasteiger partial charge in [0.1, 0.15) is 5.84 Å². The quantitative estimate of drug-likeness (QED) is 0.250. The van der Waals surface area contributed by atoms with Gasteiger partial charge in [0.15, 0.2) is 11.5 Å². The minimum Gasteiger partial charge on any atom is -0.493 e. The van der Waals surface area contributed by atoms with E-state index in [0.29, 0.717) is 37.0 Å². The van der Waals surface area contributed by atoms with Gasteiger partial charge in [-0.2, -0.15) is 5.10 Å². The van der Waals surface area contributed by atoms with Gasteiger partial charge in [-0.3, -0.25) is 9.80 Å². The van der Waals surface area contributed by atoms with Crippen molar-refractivity contribution in [2.45, 2.75) is 46.0 Å². The van der Waals surface area contributed by atoms with Crippen LogP contribution < -0.4 is 21.2 Å². The Morgan fingerprint density at radius 1 is 1.08 bits per heavy atom. The summed E-state index contributed by atoms with van der Waals surface area (Å²) in [7, 11) is 3.26. The summed E-state index contributed by atoms with van der Waals surface area (Å²) in [4.78, 5) is 14.8. The first-order valence-electron chi connectivity index (χ1n) is 12.6. The molecule has 1 aliphatic rings. The number of likely N-dealkylation sites (tertiary alicyclic amines) is 1. The topological polar surface area (TPSA) is 106 Å². The van der Waals surface area contributed by atoms with Crippen LogP contribution >= 0.6 is 0 Å². The second-order valence-corrected chi connectivity index (χ2v) is 10.4. The van der Waals surface area contributed by atoms with E-state index in [9.17, 15) is 4.79 Å². The highest BCUT2D eigenvalue weighted by Gasteiger charge is 2.38. The first-order valence-corrected chi connectivity index (χ1v) is 12.6. The molecule has 1 saturated heterocycles. The third-order valence-corrected chi connectivity index (χ3v) is 6.90. The largest absolute Gasteiger partial charge is 0.493 e. The van der Waals surface area contributed by atoms with Crippen LogP contribution in [-0.4, -0.2) is 55.5 Å². The molecule has 0 aromatic heterocycles. The zero-order valence-electron chi connectivity index (χ0n) is 22.2. The fourth-order valence-corrected chi connectivity index (χ4v) is 5.01. The lowest BCUT2D eigenvalue weighted by atomic mass is 9.78. The highest BCUT2D eigenvalue weighted by atomic mass is 16.5. The number of ether oxygens (including phenoxy) is 2. The van der Waals surface area contributed by atoms with E-state index in [2.05, 4.69) is 17.2 Å². The van der Waals surface area contributed by atoms with Gasteiger partial charge in [-0.15, -0.1) is 0 Å². The Bertz CT molecular complexity index is 1030. The summed E-state index contributed by atoms with van der Waals surface area (Å²) in [5.41, 5.74) is 1.71. The molecule has 0 bridgehead atoms. The van der Waals surface area contributed by atoms with Crippen LogP contribution in [0.3, 0.4) is 0 Å². The molecule has 196 valence electrons. The average molecular weight is 496 g/mol. The van der Waals surface area contributed by atoms with Gasteiger partial charge in [-0.1, -0.05) is 63.2 Å². The number of nitrogens with two attached hydrogens (primary N) is 2. The van der Waals surface area contributed by atoms with Gasteiger partial charge in [0, 0.05) is 30.6 Å². The third-order valence-electron chi connectivity index (χ3n) is 6.90. The lowest BCUT2D eigenvalue weighted by Gasteiger charge is -2.40. The minimum absolute atomic E-state index is 0.167. The Labute approximate surface area is 215 Å². The van der Waals surface area contributed by atoms with Crippen LogP contribution in [0.4, 0.5) is 0 Å². The molecule has 8 nitrogen and oxygen atoms in total. The van der Waals surface area contributed by atoms with Gasteiger partial charge >= 0.3 is 0 Å². The number of amidine groups is 1. The Hall–Kier alpha value is -3.26. The van der Waals surface area contributed by atoms with Crippen molar-refractivity contribution in [2.24, 2.45) is 28.1 Å². The molecule has 4 N–H and O–H groups in total. The van der Waals surface area contributed by atoms with E-state index < -0.39 is 5.41 Å². The van der Waals surface area contributed by atoms with Crippen LogP contribution in [0.25, 0.3) is 0 Å². The molecule has 0 radical (unpaired) electrons. The minimum atomic E-state index is -0.405. The van der Waals surface area contributed by atoms with Crippen molar-refractivity contribution in [3.63, 3.8) is 0 Å². The Kier molecular flexibility index (Phi) is 9.20. The number of methoxy groups -OCH3 is 2. The van der Waals surface area contributed by atoms with Gasteiger partial charge in [0.25, 0.3) is 0 Å². The second kappa shape index (κ2) is 12.1. The van der Waals surface area contributed by atoms with Gasteiger partial charge < -0.3 is 20.2 Å². The zero-order valence-corrected chi connectivity index (χ0v) is 22.2. The van der Waals surface area contributed by atoms with E-state index in [1.54, 1.807) is 19.2 Å². The van der Waals surface area contributed by atoms with Gasteiger partial charge in [-0.25, -0.2) is 5.84 Å². The number of amides is 1. The molecule has 0 saturated carbocycles. The van der Waals surface area contributed by atoms with E-state index in [-0.39, 0.29) is 17.7 Å². The fraction of sp³-hybridized carbons (Fsp3) is 0.500. The molecule has 1 fully saturated rings. The maximum Gasteiger partial charge on any atom is 0.227 e. The number of carbonyl (C=O) groups is 1. The van der Waals surface area contributed by atoms with Crippen molar-refractivity contribution in [3.05, 3.63) is 59.7 Å². The number of nitrogens with zero attached hydrogens (tertiary/aromatic N) is 3. The molecular weight excluding hydrogens is 454 g/mol. The normalized spacial score (nSPS) is 15.9. The van der Waals surface area contributed by atoms with E-state index in [1.807, 2.05) is 62.1 Å². The first-order chi connectivity index (χ1) is 17.2. The number of piperidine rings is 1. The fourth-order valence-electron chi connectivity index (χ4n) is 5.01. The highest BCUT2D eigenvalue weighted by Crippen LogP contribution is 2.42. The summed E-state index contributed by atoms with van der Waals surface area (Å²) in [6.07, 6.45) is 2.37. The molecule has 8 heteroatoms. The molecular formula is C28H41N5O3. The maximum atomic E-state index is 12.9. The Morgan fingerprint density at radius 2 is 1.75 bits per heavy atom. The highest BCUT2D eigenvalue weighted by molar-refractivity contribution is 5.90. The van der Waals surface area contributed by atoms with Crippen LogP contribution in [0, 0.1) is 11.3 Å². The van der Waals surface area contributed by atoms with Crippen molar-refractivity contribution in [3.8, 4) is 11.5 Å². The number of hydrogen-bond acceptors (Lipinski definition) is 6. The van der Waals surface area contributed by atoms with E-state index in [1.165, 1.54) is 5.56 Å².